The number of hydrogen-bond acceptors (Lipinski definition) is 1. The molecule has 0 spiro atoms. The third-order valence-electron chi connectivity index (χ3n) is 1.45. The van der Waals surface area contributed by atoms with E-state index >= 15 is 0 Å². The lowest BCUT2D eigenvalue weighted by Crippen LogP contribution is -2.15. The van der Waals surface area contributed by atoms with Crippen molar-refractivity contribution < 1.29 is 0 Å². The van der Waals surface area contributed by atoms with E-state index in [0.717, 1.165) is 32.4 Å². The van der Waals surface area contributed by atoms with E-state index in [1.165, 1.54) is 6.42 Å². The Hall–Kier alpha value is -0.740. The molecule has 0 aliphatic carbocycles. The Morgan fingerprint density at radius 2 is 2.18 bits per heavy atom. The van der Waals surface area contributed by atoms with Crippen LogP contribution in [0.1, 0.15) is 25.7 Å². The molecular weight excluding hydrogens is 134 g/mol. The van der Waals surface area contributed by atoms with E-state index in [1.54, 1.807) is 0 Å². The molecule has 0 saturated carbocycles. The van der Waals surface area contributed by atoms with E-state index in [-0.39, 0.29) is 0 Å². The van der Waals surface area contributed by atoms with Crippen molar-refractivity contribution in [2.75, 3.05) is 13.1 Å². The summed E-state index contributed by atoms with van der Waals surface area (Å²) in [6.45, 7) is 5.76. The van der Waals surface area contributed by atoms with Gasteiger partial charge in [0.25, 0.3) is 0 Å². The molecular formula is C10H17N. The van der Waals surface area contributed by atoms with Crippen LogP contribution < -0.4 is 5.32 Å². The summed E-state index contributed by atoms with van der Waals surface area (Å²) in [5, 5.41) is 3.31. The number of terminal acetylenes is 1. The average molecular weight is 151 g/mol. The van der Waals surface area contributed by atoms with Crippen LogP contribution >= 0.6 is 0 Å². The summed E-state index contributed by atoms with van der Waals surface area (Å²) in [6, 6.07) is 0. The van der Waals surface area contributed by atoms with Gasteiger partial charge in [0.15, 0.2) is 0 Å². The third-order valence-corrected chi connectivity index (χ3v) is 1.45. The fraction of sp³-hybridized carbons (Fsp3) is 0.600. The van der Waals surface area contributed by atoms with Crippen LogP contribution in [0.3, 0.4) is 0 Å². The van der Waals surface area contributed by atoms with E-state index in [0.29, 0.717) is 0 Å². The van der Waals surface area contributed by atoms with Gasteiger partial charge in [-0.05, 0) is 32.4 Å². The van der Waals surface area contributed by atoms with E-state index in [9.17, 15) is 0 Å². The Morgan fingerprint density at radius 1 is 1.36 bits per heavy atom. The molecule has 0 unspecified atom stereocenters. The Kier molecular flexibility index (Phi) is 8.64. The van der Waals surface area contributed by atoms with Crippen molar-refractivity contribution in [1.29, 1.82) is 0 Å². The highest BCUT2D eigenvalue weighted by Crippen LogP contribution is 1.91. The standard InChI is InChI=1S/C10H17N/c1-3-5-7-8-10-11-9-6-4-2/h1,4,11H,2,5-10H2. The zero-order valence-corrected chi connectivity index (χ0v) is 7.10. The van der Waals surface area contributed by atoms with Crippen molar-refractivity contribution in [2.24, 2.45) is 0 Å². The van der Waals surface area contributed by atoms with Gasteiger partial charge in [-0.25, -0.2) is 0 Å². The van der Waals surface area contributed by atoms with Crippen LogP contribution in [-0.4, -0.2) is 13.1 Å². The lowest BCUT2D eigenvalue weighted by molar-refractivity contribution is 0.633. The molecule has 0 aliphatic heterocycles. The lowest BCUT2D eigenvalue weighted by Gasteiger charge is -2.00. The lowest BCUT2D eigenvalue weighted by atomic mass is 10.2. The maximum atomic E-state index is 5.11. The minimum absolute atomic E-state index is 0.906. The monoisotopic (exact) mass is 151 g/mol. The first-order valence-corrected chi connectivity index (χ1v) is 4.17. The van der Waals surface area contributed by atoms with Gasteiger partial charge in [0.2, 0.25) is 0 Å². The van der Waals surface area contributed by atoms with Gasteiger partial charge in [0.05, 0.1) is 0 Å². The Labute approximate surface area is 69.9 Å². The Balaban J connectivity index is 2.80. The normalized spacial score (nSPS) is 9.00. The summed E-state index contributed by atoms with van der Waals surface area (Å²) in [4.78, 5) is 0. The number of hydrogen-bond donors (Lipinski definition) is 1. The molecule has 0 aromatic carbocycles. The van der Waals surface area contributed by atoms with Crippen molar-refractivity contribution >= 4 is 0 Å². The highest BCUT2D eigenvalue weighted by atomic mass is 14.8. The van der Waals surface area contributed by atoms with Crippen LogP contribution in [0.4, 0.5) is 0 Å². The van der Waals surface area contributed by atoms with Gasteiger partial charge in [-0.2, -0.15) is 0 Å². The molecule has 0 saturated heterocycles. The van der Waals surface area contributed by atoms with E-state index < -0.39 is 0 Å². The van der Waals surface area contributed by atoms with E-state index in [4.69, 9.17) is 6.42 Å². The van der Waals surface area contributed by atoms with Crippen LogP contribution in [-0.2, 0) is 0 Å². The average Bonchev–Trinajstić information content (AvgIpc) is 2.03. The van der Waals surface area contributed by atoms with Crippen molar-refractivity contribution in [1.82, 2.24) is 5.32 Å². The molecule has 0 radical (unpaired) electrons. The molecule has 0 rings (SSSR count). The highest BCUT2D eigenvalue weighted by Gasteiger charge is 1.85. The Bertz CT molecular complexity index is 121. The smallest absolute Gasteiger partial charge is 0.00865 e. The van der Waals surface area contributed by atoms with Gasteiger partial charge < -0.3 is 5.32 Å². The molecule has 0 aromatic heterocycles. The van der Waals surface area contributed by atoms with Crippen LogP contribution in [0.2, 0.25) is 0 Å². The maximum Gasteiger partial charge on any atom is 0.00865 e. The molecule has 62 valence electrons. The minimum atomic E-state index is 0.906. The SMILES string of the molecule is C#CCCCCNCCC=C. The van der Waals surface area contributed by atoms with Crippen LogP contribution in [0.25, 0.3) is 0 Å². The van der Waals surface area contributed by atoms with Gasteiger partial charge in [-0.1, -0.05) is 6.08 Å². The first-order valence-electron chi connectivity index (χ1n) is 4.17. The van der Waals surface area contributed by atoms with Gasteiger partial charge >= 0.3 is 0 Å². The van der Waals surface area contributed by atoms with Crippen molar-refractivity contribution in [3.63, 3.8) is 0 Å². The molecule has 0 aliphatic rings. The molecule has 0 bridgehead atoms. The quantitative estimate of drug-likeness (QED) is 0.333. The van der Waals surface area contributed by atoms with Crippen molar-refractivity contribution in [2.45, 2.75) is 25.7 Å². The Morgan fingerprint density at radius 3 is 2.82 bits per heavy atom. The zero-order valence-electron chi connectivity index (χ0n) is 7.10. The first-order chi connectivity index (χ1) is 5.41. The summed E-state index contributed by atoms with van der Waals surface area (Å²) in [6.07, 6.45) is 11.3. The minimum Gasteiger partial charge on any atom is -0.316 e. The maximum absolute atomic E-state index is 5.11. The third kappa shape index (κ3) is 9.26. The highest BCUT2D eigenvalue weighted by molar-refractivity contribution is 4.82. The van der Waals surface area contributed by atoms with Gasteiger partial charge in [-0.15, -0.1) is 18.9 Å². The zero-order chi connectivity index (χ0) is 8.36. The first kappa shape index (κ1) is 10.3. The predicted molar refractivity (Wildman–Crippen MR) is 50.4 cm³/mol. The fourth-order valence-electron chi connectivity index (χ4n) is 0.806. The second-order valence-corrected chi connectivity index (χ2v) is 2.49. The van der Waals surface area contributed by atoms with Crippen LogP contribution in [0, 0.1) is 12.3 Å². The largest absolute Gasteiger partial charge is 0.316 e. The van der Waals surface area contributed by atoms with Gasteiger partial charge in [0, 0.05) is 6.42 Å². The van der Waals surface area contributed by atoms with E-state index in [2.05, 4.69) is 17.8 Å². The topological polar surface area (TPSA) is 12.0 Å². The molecule has 1 nitrogen and oxygen atoms in total. The molecule has 0 aromatic rings. The van der Waals surface area contributed by atoms with Crippen LogP contribution in [0.5, 0.6) is 0 Å². The molecule has 1 N–H and O–H groups in total. The molecule has 0 fully saturated rings. The molecule has 0 amide bonds. The molecule has 0 heterocycles. The number of unbranched alkanes of at least 4 members (excludes halogenated alkanes) is 2. The summed E-state index contributed by atoms with van der Waals surface area (Å²) in [5.74, 6) is 2.63. The predicted octanol–water partition coefficient (Wildman–Crippen LogP) is 1.96. The second kappa shape index (κ2) is 9.26. The summed E-state index contributed by atoms with van der Waals surface area (Å²) >= 11 is 0. The van der Waals surface area contributed by atoms with Gasteiger partial charge in [0.1, 0.15) is 0 Å². The molecule has 11 heavy (non-hydrogen) atoms. The van der Waals surface area contributed by atoms with E-state index in [1.807, 2.05) is 6.08 Å². The molecule has 0 atom stereocenters. The summed E-state index contributed by atoms with van der Waals surface area (Å²) in [7, 11) is 0. The van der Waals surface area contributed by atoms with Gasteiger partial charge in [-0.3, -0.25) is 0 Å². The second-order valence-electron chi connectivity index (χ2n) is 2.49. The fourth-order valence-corrected chi connectivity index (χ4v) is 0.806. The summed E-state index contributed by atoms with van der Waals surface area (Å²) in [5.41, 5.74) is 0. The van der Waals surface area contributed by atoms with Crippen LogP contribution in [0.15, 0.2) is 12.7 Å². The number of nitrogens with one attached hydrogen (secondary N) is 1. The van der Waals surface area contributed by atoms with Crippen molar-refractivity contribution in [3.05, 3.63) is 12.7 Å². The molecule has 1 heteroatoms. The summed E-state index contributed by atoms with van der Waals surface area (Å²) < 4.78 is 0. The van der Waals surface area contributed by atoms with Crippen molar-refractivity contribution in [3.8, 4) is 12.3 Å². The number of rotatable bonds is 7.